The van der Waals surface area contributed by atoms with Gasteiger partial charge in [0.15, 0.2) is 0 Å². The first kappa shape index (κ1) is 15.1. The van der Waals surface area contributed by atoms with Gasteiger partial charge in [0.2, 0.25) is 0 Å². The number of aromatic hydroxyl groups is 1. The maximum atomic E-state index is 12.2. The lowest BCUT2D eigenvalue weighted by atomic mass is 10.1. The zero-order chi connectivity index (χ0) is 14.9. The number of hydrogen-bond acceptors (Lipinski definition) is 2. The standard InChI is InChI=1S/C15H13Br2NO2/c1-8-5-9(2)14(12(17)6-8)18-15(20)11-4-3-10(16)7-13(11)19/h3-7,19H,1-2H3,(H,18,20). The highest BCUT2D eigenvalue weighted by Gasteiger charge is 2.14. The predicted molar refractivity (Wildman–Crippen MR) is 87.4 cm³/mol. The lowest BCUT2D eigenvalue weighted by Crippen LogP contribution is -2.13. The van der Waals surface area contributed by atoms with Gasteiger partial charge in [-0.2, -0.15) is 0 Å². The van der Waals surface area contributed by atoms with Crippen LogP contribution in [0.15, 0.2) is 39.3 Å². The molecule has 0 unspecified atom stereocenters. The fraction of sp³-hybridized carbons (Fsp3) is 0.133. The van der Waals surface area contributed by atoms with E-state index in [0.29, 0.717) is 5.69 Å². The highest BCUT2D eigenvalue weighted by atomic mass is 79.9. The summed E-state index contributed by atoms with van der Waals surface area (Å²) in [5, 5.41) is 12.6. The average molecular weight is 399 g/mol. The summed E-state index contributed by atoms with van der Waals surface area (Å²) in [5.74, 6) is -0.402. The Labute approximate surface area is 134 Å². The number of hydrogen-bond donors (Lipinski definition) is 2. The van der Waals surface area contributed by atoms with Gasteiger partial charge in [-0.3, -0.25) is 4.79 Å². The first-order valence-electron chi connectivity index (χ1n) is 5.95. The van der Waals surface area contributed by atoms with E-state index in [9.17, 15) is 9.90 Å². The largest absolute Gasteiger partial charge is 0.507 e. The third kappa shape index (κ3) is 3.22. The van der Waals surface area contributed by atoms with Crippen molar-refractivity contribution in [2.24, 2.45) is 0 Å². The fourth-order valence-electron chi connectivity index (χ4n) is 1.95. The van der Waals surface area contributed by atoms with Crippen LogP contribution in [0.3, 0.4) is 0 Å². The van der Waals surface area contributed by atoms with Gasteiger partial charge in [0.25, 0.3) is 5.91 Å². The van der Waals surface area contributed by atoms with Crippen molar-refractivity contribution < 1.29 is 9.90 Å². The first-order valence-corrected chi connectivity index (χ1v) is 7.53. The third-order valence-corrected chi connectivity index (χ3v) is 3.99. The number of benzene rings is 2. The Morgan fingerprint density at radius 2 is 1.85 bits per heavy atom. The van der Waals surface area contributed by atoms with Crippen molar-refractivity contribution in [2.45, 2.75) is 13.8 Å². The second-order valence-corrected chi connectivity index (χ2v) is 6.32. The molecule has 0 fully saturated rings. The molecule has 0 spiro atoms. The molecule has 2 aromatic rings. The van der Waals surface area contributed by atoms with Crippen LogP contribution in [-0.4, -0.2) is 11.0 Å². The number of phenols is 1. The van der Waals surface area contributed by atoms with Crippen LogP contribution in [0.5, 0.6) is 5.75 Å². The summed E-state index contributed by atoms with van der Waals surface area (Å²) in [6.45, 7) is 3.92. The lowest BCUT2D eigenvalue weighted by molar-refractivity contribution is 0.102. The Kier molecular flexibility index (Phi) is 4.50. The van der Waals surface area contributed by atoms with Crippen molar-refractivity contribution in [3.8, 4) is 5.75 Å². The van der Waals surface area contributed by atoms with Crippen LogP contribution in [0.4, 0.5) is 5.69 Å². The minimum absolute atomic E-state index is 0.0576. The van der Waals surface area contributed by atoms with Crippen LogP contribution in [0.25, 0.3) is 0 Å². The molecule has 0 bridgehead atoms. The predicted octanol–water partition coefficient (Wildman–Crippen LogP) is 4.79. The van der Waals surface area contributed by atoms with Gasteiger partial charge in [0, 0.05) is 8.95 Å². The monoisotopic (exact) mass is 397 g/mol. The van der Waals surface area contributed by atoms with Crippen molar-refractivity contribution in [3.63, 3.8) is 0 Å². The van der Waals surface area contributed by atoms with Crippen molar-refractivity contribution in [3.05, 3.63) is 56.0 Å². The number of nitrogens with one attached hydrogen (secondary N) is 1. The molecule has 0 saturated carbocycles. The summed E-state index contributed by atoms with van der Waals surface area (Å²) in [4.78, 5) is 12.2. The van der Waals surface area contributed by atoms with Gasteiger partial charge in [-0.1, -0.05) is 22.0 Å². The van der Waals surface area contributed by atoms with E-state index in [4.69, 9.17) is 0 Å². The van der Waals surface area contributed by atoms with Gasteiger partial charge in [-0.25, -0.2) is 0 Å². The smallest absolute Gasteiger partial charge is 0.259 e. The third-order valence-electron chi connectivity index (χ3n) is 2.87. The van der Waals surface area contributed by atoms with Gasteiger partial charge < -0.3 is 10.4 Å². The number of halogens is 2. The number of carbonyl (C=O) groups excluding carboxylic acids is 1. The van der Waals surface area contributed by atoms with E-state index in [1.165, 1.54) is 6.07 Å². The number of aryl methyl sites for hydroxylation is 2. The SMILES string of the molecule is Cc1cc(C)c(NC(=O)c2ccc(Br)cc2O)c(Br)c1. The molecule has 0 atom stereocenters. The van der Waals surface area contributed by atoms with Gasteiger partial charge in [0.05, 0.1) is 11.3 Å². The maximum absolute atomic E-state index is 12.2. The molecule has 3 nitrogen and oxygen atoms in total. The van der Waals surface area contributed by atoms with Crippen molar-refractivity contribution in [1.29, 1.82) is 0 Å². The van der Waals surface area contributed by atoms with Gasteiger partial charge in [0.1, 0.15) is 5.75 Å². The molecular weight excluding hydrogens is 386 g/mol. The van der Waals surface area contributed by atoms with E-state index in [1.807, 2.05) is 26.0 Å². The Balaban J connectivity index is 2.33. The molecule has 2 rings (SSSR count). The van der Waals surface area contributed by atoms with Gasteiger partial charge in [-0.05, 0) is 65.2 Å². The second-order valence-electron chi connectivity index (χ2n) is 4.55. The average Bonchev–Trinajstić information content (AvgIpc) is 2.33. The first-order chi connectivity index (χ1) is 9.38. The maximum Gasteiger partial charge on any atom is 0.259 e. The zero-order valence-electron chi connectivity index (χ0n) is 11.0. The number of anilines is 1. The summed E-state index contributed by atoms with van der Waals surface area (Å²) in [6, 6.07) is 8.70. The molecule has 2 aromatic carbocycles. The highest BCUT2D eigenvalue weighted by molar-refractivity contribution is 9.10. The van der Waals surface area contributed by atoms with Gasteiger partial charge >= 0.3 is 0 Å². The van der Waals surface area contributed by atoms with E-state index in [1.54, 1.807) is 12.1 Å². The molecule has 0 aromatic heterocycles. The molecule has 0 radical (unpaired) electrons. The minimum atomic E-state index is -0.345. The summed E-state index contributed by atoms with van der Waals surface area (Å²) >= 11 is 6.69. The Morgan fingerprint density at radius 1 is 1.15 bits per heavy atom. The van der Waals surface area contributed by atoms with Crippen molar-refractivity contribution in [1.82, 2.24) is 0 Å². The molecule has 5 heteroatoms. The van der Waals surface area contributed by atoms with Gasteiger partial charge in [-0.15, -0.1) is 0 Å². The molecule has 2 N–H and O–H groups in total. The van der Waals surface area contributed by atoms with Crippen LogP contribution < -0.4 is 5.32 Å². The van der Waals surface area contributed by atoms with Crippen LogP contribution in [0, 0.1) is 13.8 Å². The Hall–Kier alpha value is -1.33. The summed E-state index contributed by atoms with van der Waals surface area (Å²) in [6.07, 6.45) is 0. The Bertz CT molecular complexity index is 661. The van der Waals surface area contributed by atoms with E-state index >= 15 is 0 Å². The van der Waals surface area contributed by atoms with E-state index < -0.39 is 0 Å². The summed E-state index contributed by atoms with van der Waals surface area (Å²) in [7, 11) is 0. The minimum Gasteiger partial charge on any atom is -0.507 e. The van der Waals surface area contributed by atoms with E-state index in [0.717, 1.165) is 20.1 Å². The molecule has 0 aliphatic heterocycles. The number of rotatable bonds is 2. The highest BCUT2D eigenvalue weighted by Crippen LogP contribution is 2.29. The van der Waals surface area contributed by atoms with E-state index in [-0.39, 0.29) is 17.2 Å². The molecule has 0 aliphatic carbocycles. The quantitative estimate of drug-likeness (QED) is 0.764. The molecule has 0 saturated heterocycles. The lowest BCUT2D eigenvalue weighted by Gasteiger charge is -2.12. The topological polar surface area (TPSA) is 49.3 Å². The molecule has 104 valence electrons. The van der Waals surface area contributed by atoms with Crippen molar-refractivity contribution >= 4 is 43.5 Å². The summed E-state index contributed by atoms with van der Waals surface area (Å²) < 4.78 is 1.54. The number of phenolic OH excluding ortho intramolecular Hbond substituents is 1. The van der Waals surface area contributed by atoms with E-state index in [2.05, 4.69) is 37.2 Å². The van der Waals surface area contributed by atoms with Crippen LogP contribution >= 0.6 is 31.9 Å². The van der Waals surface area contributed by atoms with Crippen LogP contribution in [-0.2, 0) is 0 Å². The number of carbonyl (C=O) groups is 1. The fourth-order valence-corrected chi connectivity index (χ4v) is 3.07. The van der Waals surface area contributed by atoms with Crippen LogP contribution in [0.1, 0.15) is 21.5 Å². The number of amides is 1. The Morgan fingerprint density at radius 3 is 2.45 bits per heavy atom. The normalized spacial score (nSPS) is 10.4. The van der Waals surface area contributed by atoms with Crippen molar-refractivity contribution in [2.75, 3.05) is 5.32 Å². The molecule has 0 heterocycles. The molecular formula is C15H13Br2NO2. The second kappa shape index (κ2) is 5.97. The molecule has 0 aliphatic rings. The molecule has 1 amide bonds. The molecule has 20 heavy (non-hydrogen) atoms. The summed E-state index contributed by atoms with van der Waals surface area (Å²) in [5.41, 5.74) is 3.02. The zero-order valence-corrected chi connectivity index (χ0v) is 14.2. The van der Waals surface area contributed by atoms with Crippen LogP contribution in [0.2, 0.25) is 0 Å².